The van der Waals surface area contributed by atoms with Crippen molar-refractivity contribution in [3.8, 4) is 0 Å². The van der Waals surface area contributed by atoms with Crippen molar-refractivity contribution < 1.29 is 0 Å². The fourth-order valence-electron chi connectivity index (χ4n) is 6.83. The van der Waals surface area contributed by atoms with Gasteiger partial charge in [0.05, 0.1) is 0 Å². The second kappa shape index (κ2) is 23.2. The van der Waals surface area contributed by atoms with E-state index >= 15 is 0 Å². The molecule has 0 spiro atoms. The van der Waals surface area contributed by atoms with E-state index in [0.29, 0.717) is 0 Å². The van der Waals surface area contributed by atoms with Crippen LogP contribution in [0.25, 0.3) is 0 Å². The first-order valence-corrected chi connectivity index (χ1v) is 20.7. The number of unbranched alkanes of at least 4 members (excludes halogenated alkanes) is 9. The lowest BCUT2D eigenvalue weighted by molar-refractivity contribution is 0.705. The molecule has 0 radical (unpaired) electrons. The van der Waals surface area contributed by atoms with E-state index in [1.807, 2.05) is 0 Å². The smallest absolute Gasteiger partial charge is 0.0160 e. The molecule has 244 valence electrons. The normalized spacial score (nSPS) is 11.6. The predicted molar refractivity (Wildman–Crippen MR) is 200 cm³/mol. The summed E-state index contributed by atoms with van der Waals surface area (Å²) in [6.07, 6.45) is 30.1. The van der Waals surface area contributed by atoms with Crippen LogP contribution in [0.2, 0.25) is 0 Å². The zero-order valence-corrected chi connectivity index (χ0v) is 30.9. The van der Waals surface area contributed by atoms with Gasteiger partial charge in [0.2, 0.25) is 0 Å². The van der Waals surface area contributed by atoms with Crippen LogP contribution in [0.4, 0.5) is 0 Å². The highest BCUT2D eigenvalue weighted by Gasteiger charge is 2.25. The van der Waals surface area contributed by atoms with Crippen molar-refractivity contribution in [3.63, 3.8) is 0 Å². The van der Waals surface area contributed by atoms with Crippen LogP contribution in [-0.2, 0) is 38.5 Å². The number of benzene rings is 2. The van der Waals surface area contributed by atoms with E-state index in [1.54, 1.807) is 44.0 Å². The molecule has 1 heteroatoms. The summed E-state index contributed by atoms with van der Waals surface area (Å²) in [5.41, 5.74) is 10.5. The monoisotopic (exact) mass is 607 g/mol. The van der Waals surface area contributed by atoms with E-state index < -0.39 is 0 Å². The number of aryl methyl sites for hydroxylation is 2. The number of hydrogen-bond donors (Lipinski definition) is 0. The van der Waals surface area contributed by atoms with Crippen molar-refractivity contribution in [1.82, 2.24) is 0 Å². The zero-order valence-electron chi connectivity index (χ0n) is 30.0. The Morgan fingerprint density at radius 1 is 0.349 bits per heavy atom. The molecule has 0 saturated heterocycles. The predicted octanol–water partition coefficient (Wildman–Crippen LogP) is 12.8. The molecule has 0 saturated carbocycles. The van der Waals surface area contributed by atoms with Crippen molar-refractivity contribution in [3.05, 3.63) is 57.6 Å². The second-order valence-electron chi connectivity index (χ2n) is 13.2. The van der Waals surface area contributed by atoms with E-state index in [2.05, 4.69) is 72.7 Å². The van der Waals surface area contributed by atoms with E-state index in [0.717, 1.165) is 0 Å². The van der Waals surface area contributed by atoms with Crippen molar-refractivity contribution in [2.45, 2.75) is 190 Å². The molecule has 0 atom stereocenters. The Morgan fingerprint density at radius 3 is 1.07 bits per heavy atom. The third-order valence-corrected chi connectivity index (χ3v) is 12.3. The molecule has 0 unspecified atom stereocenters. The molecule has 0 fully saturated rings. The Labute approximate surface area is 271 Å². The zero-order chi connectivity index (χ0) is 31.3. The van der Waals surface area contributed by atoms with Gasteiger partial charge in [-0.05, 0) is 142 Å². The summed E-state index contributed by atoms with van der Waals surface area (Å²) >= 11 is 0. The van der Waals surface area contributed by atoms with Gasteiger partial charge in [-0.25, -0.2) is 0 Å². The molecule has 0 amide bonds. The SMILES string of the molecule is CCCCCCP(c1ccc(CCCC)c(CCCC)c1CCCC)c1ccc(CCCC)c(CCCC)c1CCCC. The first kappa shape index (κ1) is 38.1. The number of rotatable bonds is 25. The largest absolute Gasteiger partial charge is 0.0654 e. The summed E-state index contributed by atoms with van der Waals surface area (Å²) in [5, 5.41) is 3.54. The molecule has 0 nitrogen and oxygen atoms in total. The van der Waals surface area contributed by atoms with Crippen LogP contribution in [0.1, 0.15) is 185 Å². The van der Waals surface area contributed by atoms with Crippen LogP contribution < -0.4 is 10.6 Å². The van der Waals surface area contributed by atoms with Crippen LogP contribution in [0.3, 0.4) is 0 Å². The van der Waals surface area contributed by atoms with Crippen molar-refractivity contribution in [2.24, 2.45) is 0 Å². The Bertz CT molecular complexity index is 927. The van der Waals surface area contributed by atoms with Gasteiger partial charge in [0.25, 0.3) is 0 Å². The van der Waals surface area contributed by atoms with E-state index in [9.17, 15) is 0 Å². The van der Waals surface area contributed by atoms with E-state index in [-0.39, 0.29) is 7.92 Å². The summed E-state index contributed by atoms with van der Waals surface area (Å²) in [7, 11) is -0.355. The van der Waals surface area contributed by atoms with Crippen molar-refractivity contribution in [1.29, 1.82) is 0 Å². The molecule has 43 heavy (non-hydrogen) atoms. The van der Waals surface area contributed by atoms with Gasteiger partial charge in [-0.2, -0.15) is 0 Å². The molecule has 0 N–H and O–H groups in total. The maximum absolute atomic E-state index is 2.66. The minimum atomic E-state index is -0.355. The van der Waals surface area contributed by atoms with Gasteiger partial charge in [-0.15, -0.1) is 0 Å². The lowest BCUT2D eigenvalue weighted by atomic mass is 9.90. The van der Waals surface area contributed by atoms with Gasteiger partial charge in [0.15, 0.2) is 0 Å². The standard InChI is InChI=1S/C42H71P/c1-8-15-22-23-34-43(41-32-30-35(24-16-9-2)37(26-18-11-4)39(41)28-20-13-6)42-33-31-36(25-17-10-3)38(27-19-12-5)40(42)29-21-14-7/h30-33H,8-29,34H2,1-7H3. The highest BCUT2D eigenvalue weighted by molar-refractivity contribution is 7.73. The molecule has 0 aliphatic carbocycles. The highest BCUT2D eigenvalue weighted by Crippen LogP contribution is 2.41. The third-order valence-electron chi connectivity index (χ3n) is 9.54. The van der Waals surface area contributed by atoms with Gasteiger partial charge >= 0.3 is 0 Å². The maximum atomic E-state index is 2.66. The van der Waals surface area contributed by atoms with Crippen molar-refractivity contribution in [2.75, 3.05) is 6.16 Å². The van der Waals surface area contributed by atoms with Gasteiger partial charge in [0, 0.05) is 0 Å². The minimum absolute atomic E-state index is 0.355. The molecule has 0 bridgehead atoms. The molecular formula is C42H71P. The lowest BCUT2D eigenvalue weighted by Gasteiger charge is -2.29. The molecule has 2 rings (SSSR count). The second-order valence-corrected chi connectivity index (χ2v) is 15.5. The van der Waals surface area contributed by atoms with Crippen LogP contribution in [0.15, 0.2) is 24.3 Å². The Kier molecular flexibility index (Phi) is 20.6. The summed E-state index contributed by atoms with van der Waals surface area (Å²) in [6.45, 7) is 16.6. The van der Waals surface area contributed by atoms with Crippen molar-refractivity contribution >= 4 is 18.5 Å². The molecule has 0 aliphatic rings. The first-order chi connectivity index (χ1) is 21.1. The third kappa shape index (κ3) is 12.3. The van der Waals surface area contributed by atoms with E-state index in [4.69, 9.17) is 0 Å². The van der Waals surface area contributed by atoms with Gasteiger partial charge < -0.3 is 0 Å². The Balaban J connectivity index is 2.84. The molecule has 0 aromatic heterocycles. The Hall–Kier alpha value is -1.13. The molecule has 0 aliphatic heterocycles. The minimum Gasteiger partial charge on any atom is -0.0654 e. The van der Waals surface area contributed by atoms with Crippen LogP contribution in [0, 0.1) is 0 Å². The topological polar surface area (TPSA) is 0 Å². The molecule has 2 aromatic carbocycles. The van der Waals surface area contributed by atoms with Gasteiger partial charge in [0.1, 0.15) is 0 Å². The van der Waals surface area contributed by atoms with Crippen LogP contribution in [-0.4, -0.2) is 6.16 Å². The highest BCUT2D eigenvalue weighted by atomic mass is 31.1. The first-order valence-electron chi connectivity index (χ1n) is 19.2. The van der Waals surface area contributed by atoms with E-state index in [1.165, 1.54) is 147 Å². The Morgan fingerprint density at radius 2 is 0.698 bits per heavy atom. The average Bonchev–Trinajstić information content (AvgIpc) is 3.03. The van der Waals surface area contributed by atoms with Crippen LogP contribution in [0.5, 0.6) is 0 Å². The molecule has 0 heterocycles. The lowest BCUT2D eigenvalue weighted by Crippen LogP contribution is -2.25. The van der Waals surface area contributed by atoms with Gasteiger partial charge in [-0.1, -0.05) is 131 Å². The fourth-order valence-corrected chi connectivity index (χ4v) is 9.76. The summed E-state index contributed by atoms with van der Waals surface area (Å²) in [6, 6.07) is 10.5. The summed E-state index contributed by atoms with van der Waals surface area (Å²) in [5.74, 6) is 0. The molecular weight excluding hydrogens is 535 g/mol. The maximum Gasteiger partial charge on any atom is -0.0160 e. The summed E-state index contributed by atoms with van der Waals surface area (Å²) in [4.78, 5) is 0. The quantitative estimate of drug-likeness (QED) is 0.0779. The van der Waals surface area contributed by atoms with Gasteiger partial charge in [-0.3, -0.25) is 0 Å². The average molecular weight is 607 g/mol. The van der Waals surface area contributed by atoms with Crippen LogP contribution >= 0.6 is 7.92 Å². The molecule has 2 aromatic rings. The fraction of sp³-hybridized carbons (Fsp3) is 0.714. The summed E-state index contributed by atoms with van der Waals surface area (Å²) < 4.78 is 0. The number of hydrogen-bond acceptors (Lipinski definition) is 0.